The molecule has 1 fully saturated rings. The van der Waals surface area contributed by atoms with Crippen LogP contribution in [0.3, 0.4) is 0 Å². The van der Waals surface area contributed by atoms with Crippen LogP contribution < -0.4 is 4.74 Å². The maximum absolute atomic E-state index is 12.9. The van der Waals surface area contributed by atoms with Crippen molar-refractivity contribution >= 4 is 16.8 Å². The molecule has 1 amide bonds. The van der Waals surface area contributed by atoms with Crippen molar-refractivity contribution in [2.45, 2.75) is 6.10 Å². The number of amides is 1. The van der Waals surface area contributed by atoms with Gasteiger partial charge in [0, 0.05) is 23.4 Å². The summed E-state index contributed by atoms with van der Waals surface area (Å²) in [6.07, 6.45) is 1.39. The summed E-state index contributed by atoms with van der Waals surface area (Å²) < 4.78 is 11.3. The van der Waals surface area contributed by atoms with Gasteiger partial charge in [-0.15, -0.1) is 0 Å². The zero-order chi connectivity index (χ0) is 20.5. The molecule has 3 heterocycles. The third kappa shape index (κ3) is 3.25. The first-order valence-electron chi connectivity index (χ1n) is 9.48. The monoisotopic (exact) mass is 396 g/mol. The summed E-state index contributed by atoms with van der Waals surface area (Å²) in [5.74, 6) is 0.966. The Kier molecular flexibility index (Phi) is 4.37. The molecule has 7 heteroatoms. The zero-order valence-electron chi connectivity index (χ0n) is 15.9. The van der Waals surface area contributed by atoms with Gasteiger partial charge in [-0.1, -0.05) is 35.5 Å². The van der Waals surface area contributed by atoms with Gasteiger partial charge >= 0.3 is 0 Å². The van der Waals surface area contributed by atoms with Crippen molar-refractivity contribution in [2.75, 3.05) is 13.1 Å². The van der Waals surface area contributed by atoms with Crippen LogP contribution in [0.1, 0.15) is 15.9 Å². The minimum atomic E-state index is -0.144. The highest BCUT2D eigenvalue weighted by atomic mass is 16.5. The smallest absolute Gasteiger partial charge is 0.254 e. The highest BCUT2D eigenvalue weighted by molar-refractivity contribution is 6.01. The topological polar surface area (TPSA) is 92.2 Å². The number of nitriles is 1. The van der Waals surface area contributed by atoms with Gasteiger partial charge < -0.3 is 14.2 Å². The SMILES string of the molecule is N#Cc1ccnc(OC2CN(C(=O)c3ccc4noc(-c5ccccc5)c4c3)C2)c1. The van der Waals surface area contributed by atoms with Gasteiger partial charge in [-0.3, -0.25) is 4.79 Å². The van der Waals surface area contributed by atoms with Crippen molar-refractivity contribution in [1.29, 1.82) is 5.26 Å². The lowest BCUT2D eigenvalue weighted by molar-refractivity contribution is 0.0160. The van der Waals surface area contributed by atoms with Crippen molar-refractivity contribution in [3.63, 3.8) is 0 Å². The lowest BCUT2D eigenvalue weighted by atomic mass is 10.0. The van der Waals surface area contributed by atoms with E-state index in [0.29, 0.717) is 41.4 Å². The van der Waals surface area contributed by atoms with Crippen LogP contribution in [-0.4, -0.2) is 40.1 Å². The van der Waals surface area contributed by atoms with E-state index < -0.39 is 0 Å². The second-order valence-corrected chi connectivity index (χ2v) is 7.05. The predicted molar refractivity (Wildman–Crippen MR) is 109 cm³/mol. The molecule has 7 nitrogen and oxygen atoms in total. The first-order chi connectivity index (χ1) is 14.7. The number of likely N-dealkylation sites (tertiary alicyclic amines) is 1. The summed E-state index contributed by atoms with van der Waals surface area (Å²) >= 11 is 0. The largest absolute Gasteiger partial charge is 0.471 e. The molecule has 1 aliphatic heterocycles. The molecule has 4 aromatic rings. The van der Waals surface area contributed by atoms with Crippen LogP contribution in [0.15, 0.2) is 71.4 Å². The van der Waals surface area contributed by atoms with E-state index in [1.807, 2.05) is 36.4 Å². The van der Waals surface area contributed by atoms with Gasteiger partial charge in [-0.2, -0.15) is 5.26 Å². The molecule has 2 aromatic carbocycles. The number of pyridine rings is 1. The molecule has 0 spiro atoms. The molecule has 0 unspecified atom stereocenters. The van der Waals surface area contributed by atoms with E-state index in [0.717, 1.165) is 10.9 Å². The summed E-state index contributed by atoms with van der Waals surface area (Å²) in [6, 6.07) is 20.3. The zero-order valence-corrected chi connectivity index (χ0v) is 15.9. The Morgan fingerprint density at radius 2 is 1.97 bits per heavy atom. The van der Waals surface area contributed by atoms with Crippen LogP contribution in [-0.2, 0) is 0 Å². The number of rotatable bonds is 4. The lowest BCUT2D eigenvalue weighted by Crippen LogP contribution is -2.56. The van der Waals surface area contributed by atoms with Gasteiger partial charge in [0.25, 0.3) is 5.91 Å². The van der Waals surface area contributed by atoms with Crippen LogP contribution in [0.4, 0.5) is 0 Å². The first-order valence-corrected chi connectivity index (χ1v) is 9.48. The second-order valence-electron chi connectivity index (χ2n) is 7.05. The molecule has 1 saturated heterocycles. The van der Waals surface area contributed by atoms with E-state index in [9.17, 15) is 4.79 Å². The molecule has 0 saturated carbocycles. The van der Waals surface area contributed by atoms with Crippen LogP contribution in [0.25, 0.3) is 22.2 Å². The Balaban J connectivity index is 1.31. The van der Waals surface area contributed by atoms with Gasteiger partial charge in [-0.05, 0) is 24.3 Å². The van der Waals surface area contributed by atoms with Crippen LogP contribution in [0, 0.1) is 11.3 Å². The van der Waals surface area contributed by atoms with Gasteiger partial charge in [0.1, 0.15) is 11.6 Å². The maximum atomic E-state index is 12.9. The fourth-order valence-electron chi connectivity index (χ4n) is 3.45. The van der Waals surface area contributed by atoms with E-state index in [2.05, 4.69) is 16.2 Å². The van der Waals surface area contributed by atoms with E-state index in [1.54, 1.807) is 29.2 Å². The fraction of sp³-hybridized carbons (Fsp3) is 0.130. The van der Waals surface area contributed by atoms with Crippen molar-refractivity contribution in [1.82, 2.24) is 15.0 Å². The predicted octanol–water partition coefficient (Wildman–Crippen LogP) is 3.66. The Morgan fingerprint density at radius 1 is 1.13 bits per heavy atom. The third-order valence-corrected chi connectivity index (χ3v) is 5.05. The summed E-state index contributed by atoms with van der Waals surface area (Å²) in [6.45, 7) is 0.926. The quantitative estimate of drug-likeness (QED) is 0.523. The molecule has 0 atom stereocenters. The molecule has 146 valence electrons. The number of nitrogens with zero attached hydrogens (tertiary/aromatic N) is 4. The molecule has 0 bridgehead atoms. The standard InChI is InChI=1S/C23H16N4O3/c24-12-15-8-9-25-21(10-15)29-18-13-27(14-18)23(28)17-6-7-20-19(11-17)22(30-26-20)16-4-2-1-3-5-16/h1-11,18H,13-14H2. The van der Waals surface area contributed by atoms with E-state index in [4.69, 9.17) is 14.5 Å². The van der Waals surface area contributed by atoms with Crippen molar-refractivity contribution in [3.05, 3.63) is 78.0 Å². The molecule has 0 N–H and O–H groups in total. The van der Waals surface area contributed by atoms with E-state index in [-0.39, 0.29) is 12.0 Å². The van der Waals surface area contributed by atoms with Crippen LogP contribution in [0.2, 0.25) is 0 Å². The summed E-state index contributed by atoms with van der Waals surface area (Å²) in [5.41, 5.74) is 2.68. The van der Waals surface area contributed by atoms with Crippen molar-refractivity contribution < 1.29 is 14.1 Å². The molecule has 0 radical (unpaired) electrons. The molecular formula is C23H16N4O3. The molecule has 1 aliphatic rings. The number of hydrogen-bond donors (Lipinski definition) is 0. The van der Waals surface area contributed by atoms with Gasteiger partial charge in [0.2, 0.25) is 5.88 Å². The van der Waals surface area contributed by atoms with Crippen molar-refractivity contribution in [3.8, 4) is 23.3 Å². The molecule has 2 aromatic heterocycles. The Bertz CT molecular complexity index is 1270. The van der Waals surface area contributed by atoms with Gasteiger partial charge in [-0.25, -0.2) is 4.98 Å². The highest BCUT2D eigenvalue weighted by Gasteiger charge is 2.33. The lowest BCUT2D eigenvalue weighted by Gasteiger charge is -2.38. The number of hydrogen-bond acceptors (Lipinski definition) is 6. The number of benzene rings is 2. The van der Waals surface area contributed by atoms with Crippen LogP contribution >= 0.6 is 0 Å². The molecular weight excluding hydrogens is 380 g/mol. The first kappa shape index (κ1) is 17.9. The third-order valence-electron chi connectivity index (χ3n) is 5.05. The Morgan fingerprint density at radius 3 is 2.77 bits per heavy atom. The van der Waals surface area contributed by atoms with Gasteiger partial charge in [0.15, 0.2) is 5.76 Å². The normalized spacial score (nSPS) is 13.6. The highest BCUT2D eigenvalue weighted by Crippen LogP contribution is 2.30. The molecule has 5 rings (SSSR count). The minimum absolute atomic E-state index is 0.0734. The number of carbonyl (C=O) groups is 1. The summed E-state index contributed by atoms with van der Waals surface area (Å²) in [4.78, 5) is 18.7. The van der Waals surface area contributed by atoms with E-state index >= 15 is 0 Å². The summed E-state index contributed by atoms with van der Waals surface area (Å²) in [7, 11) is 0. The fourth-order valence-corrected chi connectivity index (χ4v) is 3.45. The minimum Gasteiger partial charge on any atom is -0.471 e. The Hall–Kier alpha value is -4.18. The average molecular weight is 396 g/mol. The average Bonchev–Trinajstić information content (AvgIpc) is 3.19. The Labute approximate surface area is 172 Å². The number of ether oxygens (including phenoxy) is 1. The number of fused-ring (bicyclic) bond motifs is 1. The molecule has 30 heavy (non-hydrogen) atoms. The van der Waals surface area contributed by atoms with Crippen LogP contribution in [0.5, 0.6) is 5.88 Å². The molecule has 0 aliphatic carbocycles. The number of carbonyl (C=O) groups excluding carboxylic acids is 1. The number of aromatic nitrogens is 2. The van der Waals surface area contributed by atoms with E-state index in [1.165, 1.54) is 6.20 Å². The second kappa shape index (κ2) is 7.33. The maximum Gasteiger partial charge on any atom is 0.254 e. The van der Waals surface area contributed by atoms with Crippen molar-refractivity contribution in [2.24, 2.45) is 0 Å². The summed E-state index contributed by atoms with van der Waals surface area (Å²) in [5, 5.41) is 13.9. The van der Waals surface area contributed by atoms with Gasteiger partial charge in [0.05, 0.1) is 30.1 Å².